The quantitative estimate of drug-likeness (QED) is 0.472. The number of halogens is 1. The lowest BCUT2D eigenvalue weighted by Gasteiger charge is -2.18. The molecule has 0 amide bonds. The van der Waals surface area contributed by atoms with Gasteiger partial charge in [-0.25, -0.2) is 21.8 Å². The largest absolute Gasteiger partial charge is 0.481 e. The molecule has 0 fully saturated rings. The lowest BCUT2D eigenvalue weighted by molar-refractivity contribution is -0.136. The molecule has 0 aliphatic carbocycles. The van der Waals surface area contributed by atoms with Crippen LogP contribution in [0, 0.1) is 12.7 Å². The van der Waals surface area contributed by atoms with E-state index in [0.717, 1.165) is 21.8 Å². The van der Waals surface area contributed by atoms with E-state index in [1.807, 2.05) is 42.3 Å². The predicted octanol–water partition coefficient (Wildman–Crippen LogP) is 4.12. The van der Waals surface area contributed by atoms with Gasteiger partial charge in [0.05, 0.1) is 11.9 Å². The summed E-state index contributed by atoms with van der Waals surface area (Å²) >= 11 is 0. The highest BCUT2D eigenvalue weighted by atomic mass is 32.2. The van der Waals surface area contributed by atoms with Crippen LogP contribution in [-0.2, 0) is 21.2 Å². The van der Waals surface area contributed by atoms with Gasteiger partial charge in [0.2, 0.25) is 0 Å². The number of carboxylic acids is 1. The SMILES string of the molecule is Cc1c(CC(=O)O)c2cc(F)ccc2n1S(=O)(=O)c1ccc(N(C)c2ccccc2)nc1. The number of hydrogen-bond donors (Lipinski definition) is 1. The van der Waals surface area contributed by atoms with E-state index >= 15 is 0 Å². The van der Waals surface area contributed by atoms with Gasteiger partial charge < -0.3 is 10.0 Å². The zero-order valence-corrected chi connectivity index (χ0v) is 18.2. The minimum atomic E-state index is -4.11. The molecule has 0 radical (unpaired) electrons. The number of rotatable bonds is 6. The van der Waals surface area contributed by atoms with Gasteiger partial charge in [-0.15, -0.1) is 0 Å². The summed E-state index contributed by atoms with van der Waals surface area (Å²) in [4.78, 5) is 17.4. The molecule has 0 bridgehead atoms. The Morgan fingerprint density at radius 1 is 1.12 bits per heavy atom. The van der Waals surface area contributed by atoms with Gasteiger partial charge in [-0.2, -0.15) is 0 Å². The van der Waals surface area contributed by atoms with Gasteiger partial charge in [0.1, 0.15) is 16.5 Å². The van der Waals surface area contributed by atoms with E-state index in [1.54, 1.807) is 6.07 Å². The van der Waals surface area contributed by atoms with Crippen LogP contribution in [0.5, 0.6) is 0 Å². The summed E-state index contributed by atoms with van der Waals surface area (Å²) in [7, 11) is -2.29. The van der Waals surface area contributed by atoms with Gasteiger partial charge in [-0.1, -0.05) is 18.2 Å². The van der Waals surface area contributed by atoms with Crippen molar-refractivity contribution in [1.29, 1.82) is 0 Å². The number of aliphatic carboxylic acids is 1. The summed E-state index contributed by atoms with van der Waals surface area (Å²) in [6, 6.07) is 16.2. The van der Waals surface area contributed by atoms with Crippen LogP contribution in [0.1, 0.15) is 11.3 Å². The third-order valence-electron chi connectivity index (χ3n) is 5.32. The fraction of sp³-hybridized carbons (Fsp3) is 0.130. The molecule has 4 aromatic rings. The number of fused-ring (bicyclic) bond motifs is 1. The second-order valence-electron chi connectivity index (χ2n) is 7.31. The summed E-state index contributed by atoms with van der Waals surface area (Å²) in [5.74, 6) is -1.16. The second kappa shape index (κ2) is 8.08. The molecule has 0 aliphatic rings. The molecule has 7 nitrogen and oxygen atoms in total. The predicted molar refractivity (Wildman–Crippen MR) is 119 cm³/mol. The molecule has 0 atom stereocenters. The van der Waals surface area contributed by atoms with Crippen LogP contribution in [0.2, 0.25) is 0 Å². The molecule has 0 unspecified atom stereocenters. The number of para-hydroxylation sites is 1. The van der Waals surface area contributed by atoms with E-state index in [1.165, 1.54) is 25.3 Å². The zero-order chi connectivity index (χ0) is 23.0. The minimum Gasteiger partial charge on any atom is -0.481 e. The summed E-state index contributed by atoms with van der Waals surface area (Å²) in [5, 5.41) is 9.51. The molecule has 9 heteroatoms. The maximum Gasteiger partial charge on any atom is 0.307 e. The Labute approximate surface area is 184 Å². The number of carboxylic acid groups (broad SMARTS) is 1. The van der Waals surface area contributed by atoms with Crippen molar-refractivity contribution in [1.82, 2.24) is 8.96 Å². The number of benzene rings is 2. The maximum atomic E-state index is 13.9. The normalized spacial score (nSPS) is 11.6. The second-order valence-corrected chi connectivity index (χ2v) is 9.10. The lowest BCUT2D eigenvalue weighted by atomic mass is 10.1. The van der Waals surface area contributed by atoms with Crippen molar-refractivity contribution in [2.45, 2.75) is 18.2 Å². The van der Waals surface area contributed by atoms with E-state index in [4.69, 9.17) is 0 Å². The molecular weight excluding hydrogens is 433 g/mol. The zero-order valence-electron chi connectivity index (χ0n) is 17.4. The van der Waals surface area contributed by atoms with E-state index in [-0.39, 0.29) is 27.1 Å². The number of nitrogens with zero attached hydrogens (tertiary/aromatic N) is 3. The fourth-order valence-electron chi connectivity index (χ4n) is 3.72. The van der Waals surface area contributed by atoms with Gasteiger partial charge in [0.15, 0.2) is 0 Å². The average Bonchev–Trinajstić information content (AvgIpc) is 3.05. The van der Waals surface area contributed by atoms with Gasteiger partial charge >= 0.3 is 5.97 Å². The molecule has 2 aromatic heterocycles. The Morgan fingerprint density at radius 2 is 1.84 bits per heavy atom. The molecule has 2 aromatic carbocycles. The third kappa shape index (κ3) is 3.71. The van der Waals surface area contributed by atoms with Crippen molar-refractivity contribution in [3.63, 3.8) is 0 Å². The van der Waals surface area contributed by atoms with Crippen LogP contribution in [0.4, 0.5) is 15.9 Å². The van der Waals surface area contributed by atoms with E-state index < -0.39 is 28.2 Å². The first-order valence-electron chi connectivity index (χ1n) is 9.72. The van der Waals surface area contributed by atoms with Crippen molar-refractivity contribution in [3.05, 3.63) is 83.9 Å². The summed E-state index contributed by atoms with van der Waals surface area (Å²) < 4.78 is 41.9. The number of pyridine rings is 1. The van der Waals surface area contributed by atoms with Crippen LogP contribution in [-0.4, -0.2) is 35.5 Å². The van der Waals surface area contributed by atoms with Gasteiger partial charge in [-0.3, -0.25) is 4.79 Å². The molecule has 1 N–H and O–H groups in total. The molecule has 0 aliphatic heterocycles. The van der Waals surface area contributed by atoms with Gasteiger partial charge in [-0.05, 0) is 55.0 Å². The lowest BCUT2D eigenvalue weighted by Crippen LogP contribution is -2.16. The Balaban J connectivity index is 1.80. The smallest absolute Gasteiger partial charge is 0.307 e. The molecule has 164 valence electrons. The van der Waals surface area contributed by atoms with Crippen molar-refractivity contribution >= 4 is 38.4 Å². The van der Waals surface area contributed by atoms with E-state index in [9.17, 15) is 22.7 Å². The molecule has 0 spiro atoms. The number of hydrogen-bond acceptors (Lipinski definition) is 5. The third-order valence-corrected chi connectivity index (χ3v) is 7.11. The van der Waals surface area contributed by atoms with Crippen molar-refractivity contribution in [2.75, 3.05) is 11.9 Å². The van der Waals surface area contributed by atoms with E-state index in [2.05, 4.69) is 4.98 Å². The highest BCUT2D eigenvalue weighted by molar-refractivity contribution is 7.90. The molecule has 0 saturated carbocycles. The Morgan fingerprint density at radius 3 is 2.47 bits per heavy atom. The highest BCUT2D eigenvalue weighted by Gasteiger charge is 2.26. The van der Waals surface area contributed by atoms with E-state index in [0.29, 0.717) is 5.82 Å². The highest BCUT2D eigenvalue weighted by Crippen LogP contribution is 2.31. The summed E-state index contributed by atoms with van der Waals surface area (Å²) in [6.45, 7) is 1.51. The Bertz CT molecular complexity index is 1420. The fourth-order valence-corrected chi connectivity index (χ4v) is 5.25. The van der Waals surface area contributed by atoms with Crippen LogP contribution >= 0.6 is 0 Å². The molecule has 2 heterocycles. The first-order chi connectivity index (χ1) is 15.2. The summed E-state index contributed by atoms with van der Waals surface area (Å²) in [5.41, 5.74) is 1.58. The topological polar surface area (TPSA) is 92.5 Å². The number of carbonyl (C=O) groups is 1. The first-order valence-corrected chi connectivity index (χ1v) is 11.2. The monoisotopic (exact) mass is 453 g/mol. The maximum absolute atomic E-state index is 13.9. The van der Waals surface area contributed by atoms with Crippen LogP contribution in [0.25, 0.3) is 10.9 Å². The summed E-state index contributed by atoms with van der Waals surface area (Å²) in [6.07, 6.45) is 0.836. The molecule has 0 saturated heterocycles. The number of anilines is 2. The Kier molecular flexibility index (Phi) is 5.43. The number of aromatic nitrogens is 2. The standard InChI is InChI=1S/C23H20FN3O4S/c1-15-19(13-23(28)29)20-12-16(24)8-10-21(20)27(15)32(30,31)18-9-11-22(25-14-18)26(2)17-6-4-3-5-7-17/h3-12,14H,13H2,1-2H3,(H,28,29). The average molecular weight is 453 g/mol. The molecular formula is C23H20FN3O4S. The minimum absolute atomic E-state index is 0.0612. The molecule has 32 heavy (non-hydrogen) atoms. The van der Waals surface area contributed by atoms with Crippen LogP contribution in [0.15, 0.2) is 71.8 Å². The van der Waals surface area contributed by atoms with Gasteiger partial charge in [0.25, 0.3) is 10.0 Å². The van der Waals surface area contributed by atoms with Crippen LogP contribution in [0.3, 0.4) is 0 Å². The first kappa shape index (κ1) is 21.5. The Hall–Kier alpha value is -3.72. The molecule has 4 rings (SSSR count). The van der Waals surface area contributed by atoms with Crippen LogP contribution < -0.4 is 4.90 Å². The van der Waals surface area contributed by atoms with Crippen molar-refractivity contribution in [3.8, 4) is 0 Å². The van der Waals surface area contributed by atoms with Crippen molar-refractivity contribution in [2.24, 2.45) is 0 Å². The van der Waals surface area contributed by atoms with Crippen molar-refractivity contribution < 1.29 is 22.7 Å². The van der Waals surface area contributed by atoms with Gasteiger partial charge in [0, 0.05) is 30.0 Å².